The van der Waals surface area contributed by atoms with Crippen LogP contribution in [0.2, 0.25) is 5.15 Å². The Morgan fingerprint density at radius 1 is 1.33 bits per heavy atom. The van der Waals surface area contributed by atoms with Gasteiger partial charge in [-0.25, -0.2) is 9.97 Å². The number of rotatable bonds is 5. The van der Waals surface area contributed by atoms with Gasteiger partial charge in [0.15, 0.2) is 0 Å². The van der Waals surface area contributed by atoms with Gasteiger partial charge in [0.2, 0.25) is 5.88 Å². The van der Waals surface area contributed by atoms with Gasteiger partial charge in [-0.15, -0.1) is 0 Å². The highest BCUT2D eigenvalue weighted by Crippen LogP contribution is 2.29. The molecule has 0 aliphatic rings. The fraction of sp³-hybridized carbons (Fsp3) is 0.600. The molecule has 0 spiro atoms. The fourth-order valence-corrected chi connectivity index (χ4v) is 1.52. The first-order valence-electron chi connectivity index (χ1n) is 4.79. The van der Waals surface area contributed by atoms with Gasteiger partial charge >= 0.3 is 0 Å². The molecule has 1 aromatic heterocycles. The highest BCUT2D eigenvalue weighted by atomic mass is 35.5. The number of nitrogens with zero attached hydrogens (tertiary/aromatic N) is 2. The zero-order valence-corrected chi connectivity index (χ0v) is 9.91. The Morgan fingerprint density at radius 2 is 2.07 bits per heavy atom. The summed E-state index contributed by atoms with van der Waals surface area (Å²) in [6.07, 6.45) is 1.40. The molecule has 0 N–H and O–H groups in total. The van der Waals surface area contributed by atoms with Crippen molar-refractivity contribution in [3.8, 4) is 5.88 Å². The second-order valence-corrected chi connectivity index (χ2v) is 3.74. The number of aromatic nitrogens is 2. The van der Waals surface area contributed by atoms with Crippen LogP contribution >= 0.6 is 11.6 Å². The molecular weight excluding hydrogens is 216 g/mol. The smallest absolute Gasteiger partial charge is 0.221 e. The normalized spacial score (nSPS) is 10.7. The van der Waals surface area contributed by atoms with E-state index in [1.165, 1.54) is 6.33 Å². The van der Waals surface area contributed by atoms with Crippen molar-refractivity contribution in [2.75, 3.05) is 20.3 Å². The third-order valence-corrected chi connectivity index (χ3v) is 2.20. The first-order chi connectivity index (χ1) is 7.16. The van der Waals surface area contributed by atoms with E-state index in [-0.39, 0.29) is 5.92 Å². The third kappa shape index (κ3) is 3.32. The molecule has 0 saturated carbocycles. The van der Waals surface area contributed by atoms with Gasteiger partial charge < -0.3 is 9.47 Å². The van der Waals surface area contributed by atoms with Crippen LogP contribution in [0.5, 0.6) is 5.88 Å². The molecule has 0 radical (unpaired) electrons. The maximum absolute atomic E-state index is 5.97. The molecule has 1 aromatic rings. The molecule has 0 amide bonds. The van der Waals surface area contributed by atoms with Crippen LogP contribution in [-0.2, 0) is 4.74 Å². The van der Waals surface area contributed by atoms with Crippen LogP contribution in [0.1, 0.15) is 25.3 Å². The molecule has 0 aliphatic heterocycles. The summed E-state index contributed by atoms with van der Waals surface area (Å²) in [6.45, 7) is 5.03. The lowest BCUT2D eigenvalue weighted by Gasteiger charge is -2.12. The standard InChI is InChI=1S/C10H15ClN2O2/c1-7(2)8-9(11)12-6-13-10(8)15-5-4-14-3/h6-7H,4-5H2,1-3H3. The zero-order valence-electron chi connectivity index (χ0n) is 9.16. The molecule has 0 atom stereocenters. The van der Waals surface area contributed by atoms with E-state index in [0.717, 1.165) is 5.56 Å². The zero-order chi connectivity index (χ0) is 11.3. The van der Waals surface area contributed by atoms with Crippen molar-refractivity contribution in [1.29, 1.82) is 0 Å². The van der Waals surface area contributed by atoms with Gasteiger partial charge in [0.1, 0.15) is 18.1 Å². The second-order valence-electron chi connectivity index (χ2n) is 3.38. The van der Waals surface area contributed by atoms with Crippen LogP contribution in [0.15, 0.2) is 6.33 Å². The Kier molecular flexibility index (Phi) is 4.78. The number of methoxy groups -OCH3 is 1. The van der Waals surface area contributed by atoms with Gasteiger partial charge in [0.25, 0.3) is 0 Å². The van der Waals surface area contributed by atoms with E-state index in [2.05, 4.69) is 9.97 Å². The van der Waals surface area contributed by atoms with Crippen molar-refractivity contribution in [3.63, 3.8) is 0 Å². The maximum Gasteiger partial charge on any atom is 0.221 e. The van der Waals surface area contributed by atoms with Crippen LogP contribution in [0.3, 0.4) is 0 Å². The predicted octanol–water partition coefficient (Wildman–Crippen LogP) is 2.28. The maximum atomic E-state index is 5.97. The van der Waals surface area contributed by atoms with Crippen molar-refractivity contribution in [2.45, 2.75) is 19.8 Å². The fourth-order valence-electron chi connectivity index (χ4n) is 1.18. The molecule has 1 heterocycles. The highest BCUT2D eigenvalue weighted by Gasteiger charge is 2.14. The number of hydrogen-bond donors (Lipinski definition) is 0. The molecule has 0 unspecified atom stereocenters. The number of hydrogen-bond acceptors (Lipinski definition) is 4. The van der Waals surface area contributed by atoms with Gasteiger partial charge in [0, 0.05) is 7.11 Å². The molecule has 0 saturated heterocycles. The summed E-state index contributed by atoms with van der Waals surface area (Å²) in [7, 11) is 1.62. The molecule has 0 fully saturated rings. The Hall–Kier alpha value is -0.870. The van der Waals surface area contributed by atoms with Gasteiger partial charge in [-0.05, 0) is 5.92 Å². The summed E-state index contributed by atoms with van der Waals surface area (Å²) in [6, 6.07) is 0. The van der Waals surface area contributed by atoms with Crippen molar-refractivity contribution >= 4 is 11.6 Å². The first-order valence-corrected chi connectivity index (χ1v) is 5.16. The minimum absolute atomic E-state index is 0.233. The average Bonchev–Trinajstić information content (AvgIpc) is 2.17. The minimum atomic E-state index is 0.233. The first kappa shape index (κ1) is 12.2. The topological polar surface area (TPSA) is 44.2 Å². The van der Waals surface area contributed by atoms with Crippen LogP contribution in [0.4, 0.5) is 0 Å². The molecule has 5 heteroatoms. The lowest BCUT2D eigenvalue weighted by molar-refractivity contribution is 0.143. The van der Waals surface area contributed by atoms with Crippen LogP contribution in [-0.4, -0.2) is 30.3 Å². The van der Waals surface area contributed by atoms with E-state index in [4.69, 9.17) is 21.1 Å². The summed E-state index contributed by atoms with van der Waals surface area (Å²) < 4.78 is 10.4. The van der Waals surface area contributed by atoms with Crippen molar-refractivity contribution in [2.24, 2.45) is 0 Å². The Morgan fingerprint density at radius 3 is 2.67 bits per heavy atom. The Balaban J connectivity index is 2.81. The largest absolute Gasteiger partial charge is 0.475 e. The van der Waals surface area contributed by atoms with E-state index in [9.17, 15) is 0 Å². The summed E-state index contributed by atoms with van der Waals surface area (Å²) >= 11 is 5.97. The van der Waals surface area contributed by atoms with Gasteiger partial charge in [-0.2, -0.15) is 0 Å². The minimum Gasteiger partial charge on any atom is -0.475 e. The lowest BCUT2D eigenvalue weighted by Crippen LogP contribution is -2.08. The van der Waals surface area contributed by atoms with E-state index >= 15 is 0 Å². The highest BCUT2D eigenvalue weighted by molar-refractivity contribution is 6.30. The Labute approximate surface area is 94.6 Å². The van der Waals surface area contributed by atoms with Crippen molar-refractivity contribution in [3.05, 3.63) is 17.0 Å². The molecule has 0 aliphatic carbocycles. The summed E-state index contributed by atoms with van der Waals surface area (Å²) in [5, 5.41) is 0.451. The average molecular weight is 231 g/mol. The van der Waals surface area contributed by atoms with Crippen LogP contribution < -0.4 is 4.74 Å². The van der Waals surface area contributed by atoms with E-state index in [0.29, 0.717) is 24.2 Å². The Bertz CT molecular complexity index is 318. The predicted molar refractivity (Wildman–Crippen MR) is 58.5 cm³/mol. The molecule has 0 bridgehead atoms. The SMILES string of the molecule is COCCOc1ncnc(Cl)c1C(C)C. The van der Waals surface area contributed by atoms with E-state index in [1.54, 1.807) is 7.11 Å². The summed E-state index contributed by atoms with van der Waals surface area (Å²) in [5.74, 6) is 0.776. The third-order valence-electron chi connectivity index (χ3n) is 1.90. The summed E-state index contributed by atoms with van der Waals surface area (Å²) in [4.78, 5) is 7.99. The van der Waals surface area contributed by atoms with E-state index in [1.807, 2.05) is 13.8 Å². The molecule has 1 rings (SSSR count). The number of halogens is 1. The molecule has 15 heavy (non-hydrogen) atoms. The molecule has 84 valence electrons. The van der Waals surface area contributed by atoms with Crippen LogP contribution in [0.25, 0.3) is 0 Å². The van der Waals surface area contributed by atoms with Gasteiger partial charge in [-0.3, -0.25) is 0 Å². The van der Waals surface area contributed by atoms with E-state index < -0.39 is 0 Å². The second kappa shape index (κ2) is 5.88. The van der Waals surface area contributed by atoms with Crippen molar-refractivity contribution < 1.29 is 9.47 Å². The molecular formula is C10H15ClN2O2. The lowest BCUT2D eigenvalue weighted by atomic mass is 10.1. The van der Waals surface area contributed by atoms with Gasteiger partial charge in [0.05, 0.1) is 12.2 Å². The quantitative estimate of drug-likeness (QED) is 0.575. The van der Waals surface area contributed by atoms with Crippen LogP contribution in [0, 0.1) is 0 Å². The summed E-state index contributed by atoms with van der Waals surface area (Å²) in [5.41, 5.74) is 0.843. The molecule has 4 nitrogen and oxygen atoms in total. The molecule has 0 aromatic carbocycles. The monoisotopic (exact) mass is 230 g/mol. The number of ether oxygens (including phenoxy) is 2. The van der Waals surface area contributed by atoms with Gasteiger partial charge in [-0.1, -0.05) is 25.4 Å². The van der Waals surface area contributed by atoms with Crippen molar-refractivity contribution in [1.82, 2.24) is 9.97 Å².